The van der Waals surface area contributed by atoms with Gasteiger partial charge < -0.3 is 19.8 Å². The molecule has 47 heavy (non-hydrogen) atoms. The van der Waals surface area contributed by atoms with Crippen LogP contribution in [0.15, 0.2) is 103 Å². The summed E-state index contributed by atoms with van der Waals surface area (Å²) in [7, 11) is 0. The number of rotatable bonds is 7. The Bertz CT molecular complexity index is 1760. The molecule has 6 atom stereocenters. The molecule has 1 unspecified atom stereocenters. The topological polar surface area (TPSA) is 81.2 Å². The van der Waals surface area contributed by atoms with Gasteiger partial charge in [0.15, 0.2) is 0 Å². The molecule has 0 aliphatic carbocycles. The van der Waals surface area contributed by atoms with Crippen molar-refractivity contribution in [1.29, 1.82) is 0 Å². The molecule has 3 amide bonds. The molecule has 7 rings (SSSR count). The van der Waals surface area contributed by atoms with Crippen LogP contribution in [0, 0.1) is 25.7 Å². The predicted octanol–water partition coefficient (Wildman–Crippen LogP) is 5.10. The summed E-state index contributed by atoms with van der Waals surface area (Å²) in [6, 6.07) is 24.2. The zero-order valence-electron chi connectivity index (χ0n) is 27.1. The number of anilines is 1. The van der Waals surface area contributed by atoms with Crippen LogP contribution in [0.5, 0.6) is 0 Å². The van der Waals surface area contributed by atoms with Crippen LogP contribution in [-0.2, 0) is 27.3 Å². The molecule has 2 fully saturated rings. The number of hydrogen-bond acceptors (Lipinski definition) is 5. The van der Waals surface area contributed by atoms with E-state index in [-0.39, 0.29) is 24.3 Å². The minimum Gasteiger partial charge on any atom is -0.394 e. The van der Waals surface area contributed by atoms with Gasteiger partial charge in [-0.3, -0.25) is 14.4 Å². The number of aliphatic hydroxyl groups is 1. The molecule has 1 spiro atoms. The molecule has 4 aliphatic rings. The number of benzene rings is 3. The van der Waals surface area contributed by atoms with E-state index in [0.717, 1.165) is 27.9 Å². The molecule has 4 heterocycles. The third kappa shape index (κ3) is 5.22. The van der Waals surface area contributed by atoms with Crippen LogP contribution in [0.4, 0.5) is 5.69 Å². The van der Waals surface area contributed by atoms with E-state index in [1.807, 2.05) is 123 Å². The van der Waals surface area contributed by atoms with Crippen molar-refractivity contribution in [2.45, 2.75) is 55.3 Å². The average molecular weight is 648 g/mol. The molecule has 242 valence electrons. The molecule has 0 bridgehead atoms. The normalized spacial score (nSPS) is 29.0. The Hall–Kier alpha value is -4.14. The van der Waals surface area contributed by atoms with Crippen LogP contribution in [0.3, 0.4) is 0 Å². The maximum Gasteiger partial charge on any atom is 0.251 e. The number of carbonyl (C=O) groups excluding carboxylic acids is 3. The van der Waals surface area contributed by atoms with Crippen molar-refractivity contribution in [2.24, 2.45) is 11.8 Å². The van der Waals surface area contributed by atoms with E-state index in [2.05, 4.69) is 6.08 Å². The van der Waals surface area contributed by atoms with Gasteiger partial charge in [0.05, 0.1) is 29.2 Å². The van der Waals surface area contributed by atoms with Crippen LogP contribution < -0.4 is 4.90 Å². The average Bonchev–Trinajstić information content (AvgIpc) is 3.35. The van der Waals surface area contributed by atoms with E-state index in [1.54, 1.807) is 21.6 Å². The monoisotopic (exact) mass is 647 g/mol. The van der Waals surface area contributed by atoms with Crippen molar-refractivity contribution in [3.05, 3.63) is 125 Å². The highest BCUT2D eigenvalue weighted by atomic mass is 32.2. The zero-order chi connectivity index (χ0) is 32.9. The Morgan fingerprint density at radius 3 is 2.21 bits per heavy atom. The second-order valence-electron chi connectivity index (χ2n) is 13.5. The van der Waals surface area contributed by atoms with Gasteiger partial charge in [0.2, 0.25) is 11.8 Å². The molecular formula is C39H41N3O4S. The Labute approximate surface area is 280 Å². The number of nitrogens with zero attached hydrogens (tertiary/aromatic N) is 3. The fraction of sp³-hybridized carbons (Fsp3) is 0.359. The summed E-state index contributed by atoms with van der Waals surface area (Å²) in [6.07, 6.45) is 8.58. The van der Waals surface area contributed by atoms with Crippen molar-refractivity contribution >= 4 is 35.2 Å². The number of thioether (sulfide) groups is 1. The molecular weight excluding hydrogens is 607 g/mol. The van der Waals surface area contributed by atoms with Gasteiger partial charge in [0.1, 0.15) is 6.04 Å². The molecule has 3 aromatic rings. The van der Waals surface area contributed by atoms with Gasteiger partial charge in [-0.25, -0.2) is 0 Å². The highest BCUT2D eigenvalue weighted by Crippen LogP contribution is 2.66. The summed E-state index contributed by atoms with van der Waals surface area (Å²) in [5.41, 5.74) is 4.80. The molecule has 8 heteroatoms. The maximum atomic E-state index is 15.1. The first kappa shape index (κ1) is 31.5. The van der Waals surface area contributed by atoms with E-state index in [1.165, 1.54) is 0 Å². The van der Waals surface area contributed by atoms with Gasteiger partial charge in [0, 0.05) is 30.1 Å². The second-order valence-corrected chi connectivity index (χ2v) is 15.3. The molecule has 1 N–H and O–H groups in total. The lowest BCUT2D eigenvalue weighted by Gasteiger charge is -2.40. The summed E-state index contributed by atoms with van der Waals surface area (Å²) in [5, 5.41) is 10.9. The van der Waals surface area contributed by atoms with Crippen LogP contribution in [-0.4, -0.2) is 73.9 Å². The summed E-state index contributed by atoms with van der Waals surface area (Å²) >= 11 is 1.57. The molecule has 0 saturated carbocycles. The summed E-state index contributed by atoms with van der Waals surface area (Å²) in [4.78, 5) is 50.2. The highest BCUT2D eigenvalue weighted by Gasteiger charge is 2.74. The smallest absolute Gasteiger partial charge is 0.251 e. The Morgan fingerprint density at radius 1 is 0.830 bits per heavy atom. The Kier molecular flexibility index (Phi) is 8.13. The van der Waals surface area contributed by atoms with Crippen molar-refractivity contribution in [3.8, 4) is 0 Å². The van der Waals surface area contributed by atoms with E-state index in [0.29, 0.717) is 26.1 Å². The fourth-order valence-electron chi connectivity index (χ4n) is 8.21. The standard InChI is InChI=1S/C39H41N3O4S/c1-26-16-17-27(2)31(22-26)41-21-11-19-39-33(36(45)42(34(39)37(41)46)30(25-43)23-28-12-6-4-7-13-28)32-35(44)40(20-10-18-38(32,3)47-39)24-29-14-8-5-9-15-29/h4-19,22,30,32-34,43H,20-21,23-25H2,1-3H3/t30-,32-,33+,34?,38+,39+/m1/s1. The first-order valence-electron chi connectivity index (χ1n) is 16.4. The van der Waals surface area contributed by atoms with E-state index in [4.69, 9.17) is 0 Å². The number of aryl methyl sites for hydroxylation is 2. The van der Waals surface area contributed by atoms with E-state index >= 15 is 9.59 Å². The largest absolute Gasteiger partial charge is 0.394 e. The van der Waals surface area contributed by atoms with Gasteiger partial charge in [-0.05, 0) is 55.5 Å². The third-order valence-corrected chi connectivity index (χ3v) is 12.2. The van der Waals surface area contributed by atoms with Gasteiger partial charge >= 0.3 is 0 Å². The molecule has 4 aliphatic heterocycles. The Morgan fingerprint density at radius 2 is 1.51 bits per heavy atom. The highest BCUT2D eigenvalue weighted by molar-refractivity contribution is 8.02. The summed E-state index contributed by atoms with van der Waals surface area (Å²) < 4.78 is -1.71. The number of hydrogen-bond donors (Lipinski definition) is 1. The lowest BCUT2D eigenvalue weighted by Crippen LogP contribution is -2.57. The first-order chi connectivity index (χ1) is 22.7. The minimum absolute atomic E-state index is 0.0789. The number of likely N-dealkylation sites (tertiary alicyclic amines) is 1. The number of fused-ring (bicyclic) bond motifs is 2. The van der Waals surface area contributed by atoms with E-state index in [9.17, 15) is 9.90 Å². The summed E-state index contributed by atoms with van der Waals surface area (Å²) in [5.74, 6) is -1.97. The third-order valence-electron chi connectivity index (χ3n) is 10.4. The van der Waals surface area contributed by atoms with Crippen molar-refractivity contribution in [2.75, 3.05) is 24.6 Å². The van der Waals surface area contributed by atoms with E-state index < -0.39 is 33.4 Å². The molecule has 3 aromatic carbocycles. The van der Waals surface area contributed by atoms with Crippen molar-refractivity contribution in [1.82, 2.24) is 9.80 Å². The summed E-state index contributed by atoms with van der Waals surface area (Å²) in [6.45, 7) is 6.98. The first-order valence-corrected chi connectivity index (χ1v) is 17.2. The van der Waals surface area contributed by atoms with Crippen molar-refractivity contribution < 1.29 is 19.5 Å². The predicted molar refractivity (Wildman–Crippen MR) is 186 cm³/mol. The number of aliphatic hydroxyl groups excluding tert-OH is 1. The molecule has 0 radical (unpaired) electrons. The van der Waals surface area contributed by atoms with Gasteiger partial charge in [-0.1, -0.05) is 97.1 Å². The van der Waals surface area contributed by atoms with Crippen LogP contribution in [0.2, 0.25) is 0 Å². The fourth-order valence-corrected chi connectivity index (χ4v) is 10.4. The van der Waals surface area contributed by atoms with Gasteiger partial charge in [-0.2, -0.15) is 0 Å². The molecule has 0 aromatic heterocycles. The minimum atomic E-state index is -1.00. The maximum absolute atomic E-state index is 15.1. The SMILES string of the molecule is Cc1ccc(C)c(N2CC=C[C@]34S[C@@]5(C)C=CCN(Cc6ccccc6)C(=O)[C@H]5[C@H]3C(=O)N([C@@H](CO)Cc3ccccc3)C4C2=O)c1. The van der Waals surface area contributed by atoms with Crippen molar-refractivity contribution in [3.63, 3.8) is 0 Å². The van der Waals surface area contributed by atoms with Crippen LogP contribution >= 0.6 is 11.8 Å². The van der Waals surface area contributed by atoms with Crippen LogP contribution in [0.25, 0.3) is 0 Å². The van der Waals surface area contributed by atoms with Gasteiger partial charge in [0.25, 0.3) is 5.91 Å². The quantitative estimate of drug-likeness (QED) is 0.362. The van der Waals surface area contributed by atoms with Crippen LogP contribution in [0.1, 0.15) is 29.2 Å². The lowest BCUT2D eigenvalue weighted by molar-refractivity contribution is -0.145. The second kappa shape index (κ2) is 12.1. The number of carbonyl (C=O) groups is 3. The number of amides is 3. The molecule has 7 nitrogen and oxygen atoms in total. The van der Waals surface area contributed by atoms with Gasteiger partial charge in [-0.15, -0.1) is 11.8 Å². The Balaban J connectivity index is 1.35. The molecule has 2 saturated heterocycles. The lowest BCUT2D eigenvalue weighted by atomic mass is 9.74. The zero-order valence-corrected chi connectivity index (χ0v) is 27.9.